The van der Waals surface area contributed by atoms with Gasteiger partial charge in [-0.1, -0.05) is 30.3 Å². The molecule has 0 unspecified atom stereocenters. The van der Waals surface area contributed by atoms with Crippen LogP contribution in [-0.4, -0.2) is 66.6 Å². The summed E-state index contributed by atoms with van der Waals surface area (Å²) in [5, 5.41) is 5.90. The van der Waals surface area contributed by atoms with E-state index in [1.807, 2.05) is 54.6 Å². The molecule has 4 heterocycles. The summed E-state index contributed by atoms with van der Waals surface area (Å²) in [5.41, 5.74) is 2.62. The van der Waals surface area contributed by atoms with Crippen LogP contribution in [0.4, 0.5) is 0 Å². The summed E-state index contributed by atoms with van der Waals surface area (Å²) in [6, 6.07) is 21.2. The van der Waals surface area contributed by atoms with Gasteiger partial charge in [-0.25, -0.2) is 4.98 Å². The maximum absolute atomic E-state index is 13.5. The van der Waals surface area contributed by atoms with E-state index in [-0.39, 0.29) is 43.0 Å². The van der Waals surface area contributed by atoms with Crippen LogP contribution in [0.15, 0.2) is 77.2 Å². The van der Waals surface area contributed by atoms with Gasteiger partial charge in [0.2, 0.25) is 11.8 Å². The molecule has 4 bridgehead atoms. The number of benzene rings is 3. The predicted molar refractivity (Wildman–Crippen MR) is 164 cm³/mol. The molecule has 3 aromatic carbocycles. The number of aromatic nitrogens is 1. The second-order valence-electron chi connectivity index (χ2n) is 11.0. The van der Waals surface area contributed by atoms with Gasteiger partial charge in [0.15, 0.2) is 18.1 Å². The first-order chi connectivity index (χ1) is 21.9. The summed E-state index contributed by atoms with van der Waals surface area (Å²) in [7, 11) is 1.49. The first-order valence-corrected chi connectivity index (χ1v) is 14.8. The molecule has 3 aliphatic rings. The molecular weight excluding hydrogens is 576 g/mol. The van der Waals surface area contributed by atoms with Crippen molar-refractivity contribution in [1.29, 1.82) is 0 Å². The number of hydrogen-bond acceptors (Lipinski definition) is 8. The minimum atomic E-state index is -0.515. The number of rotatable bonds is 4. The van der Waals surface area contributed by atoms with Crippen molar-refractivity contribution in [3.63, 3.8) is 0 Å². The number of nitrogens with zero attached hydrogens (tertiary/aromatic N) is 2. The maximum atomic E-state index is 13.5. The largest absolute Gasteiger partial charge is 0.493 e. The fraction of sp³-hybridized carbons (Fsp3) is 0.294. The number of carbonyl (C=O) groups is 3. The molecule has 7 rings (SSSR count). The molecule has 0 radical (unpaired) electrons. The Kier molecular flexibility index (Phi) is 8.68. The molecule has 4 aromatic rings. The van der Waals surface area contributed by atoms with Crippen molar-refractivity contribution in [2.75, 3.05) is 26.8 Å². The van der Waals surface area contributed by atoms with Gasteiger partial charge in [-0.2, -0.15) is 0 Å². The molecule has 45 heavy (non-hydrogen) atoms. The lowest BCUT2D eigenvalue weighted by molar-refractivity contribution is -0.133. The average molecular weight is 611 g/mol. The third-order valence-electron chi connectivity index (χ3n) is 7.94. The Balaban J connectivity index is 1.23. The molecule has 232 valence electrons. The number of ether oxygens (including phenoxy) is 3. The summed E-state index contributed by atoms with van der Waals surface area (Å²) in [6.45, 7) is 2.57. The Bertz CT molecular complexity index is 1690. The fourth-order valence-corrected chi connectivity index (χ4v) is 5.43. The molecule has 3 aliphatic heterocycles. The highest BCUT2D eigenvalue weighted by Gasteiger charge is 2.35. The van der Waals surface area contributed by atoms with Crippen LogP contribution < -0.4 is 24.8 Å². The van der Waals surface area contributed by atoms with Crippen molar-refractivity contribution >= 4 is 17.7 Å². The third kappa shape index (κ3) is 6.93. The highest BCUT2D eigenvalue weighted by Crippen LogP contribution is 2.29. The van der Waals surface area contributed by atoms with Crippen molar-refractivity contribution in [2.24, 2.45) is 0 Å². The molecule has 11 nitrogen and oxygen atoms in total. The summed E-state index contributed by atoms with van der Waals surface area (Å²) < 4.78 is 23.3. The number of fused-ring (bicyclic) bond motifs is 7. The number of nitrogens with one attached hydrogen (secondary N) is 2. The van der Waals surface area contributed by atoms with Crippen LogP contribution in [0.5, 0.6) is 17.2 Å². The molecule has 2 atom stereocenters. The average Bonchev–Trinajstić information content (AvgIpc) is 3.43. The van der Waals surface area contributed by atoms with E-state index in [0.29, 0.717) is 53.9 Å². The number of methoxy groups -OCH3 is 1. The second kappa shape index (κ2) is 13.1. The highest BCUT2D eigenvalue weighted by molar-refractivity contribution is 5.95. The van der Waals surface area contributed by atoms with Gasteiger partial charge in [-0.15, -0.1) is 0 Å². The van der Waals surface area contributed by atoms with Gasteiger partial charge in [0.05, 0.1) is 25.3 Å². The molecule has 1 fully saturated rings. The zero-order chi connectivity index (χ0) is 31.3. The first-order valence-electron chi connectivity index (χ1n) is 14.8. The third-order valence-corrected chi connectivity index (χ3v) is 7.94. The van der Waals surface area contributed by atoms with Gasteiger partial charge in [0.25, 0.3) is 11.8 Å². The molecule has 0 spiro atoms. The molecule has 2 N–H and O–H groups in total. The van der Waals surface area contributed by atoms with Crippen molar-refractivity contribution in [3.05, 3.63) is 95.4 Å². The number of carbonyl (C=O) groups excluding carboxylic acids is 3. The Morgan fingerprint density at radius 1 is 1.04 bits per heavy atom. The van der Waals surface area contributed by atoms with Crippen LogP contribution in [0.25, 0.3) is 11.5 Å². The summed E-state index contributed by atoms with van der Waals surface area (Å²) in [5.74, 6) is 1.53. The molecule has 0 aliphatic carbocycles. The number of aryl methyl sites for hydroxylation is 1. The first kappa shape index (κ1) is 29.7. The van der Waals surface area contributed by atoms with Crippen LogP contribution in [0.3, 0.4) is 0 Å². The molecule has 0 saturated carbocycles. The van der Waals surface area contributed by atoms with E-state index in [2.05, 4.69) is 15.6 Å². The Morgan fingerprint density at radius 3 is 2.62 bits per heavy atom. The minimum absolute atomic E-state index is 0.0712. The van der Waals surface area contributed by atoms with Gasteiger partial charge in [0, 0.05) is 37.2 Å². The second-order valence-corrected chi connectivity index (χ2v) is 11.0. The van der Waals surface area contributed by atoms with Gasteiger partial charge in [-0.3, -0.25) is 14.4 Å². The monoisotopic (exact) mass is 610 g/mol. The SMILES string of the molecule is COc1ccc2cc1OCC(=O)NCc1ccc(cc1)O[C@@H]1CCN(C(=O)Cc3nc(-c4ccccc4)oc3C)C[C@@H]1NC2=O. The van der Waals surface area contributed by atoms with E-state index >= 15 is 0 Å². The zero-order valence-corrected chi connectivity index (χ0v) is 25.1. The molecular formula is C34H34N4O7. The van der Waals surface area contributed by atoms with E-state index in [4.69, 9.17) is 18.6 Å². The van der Waals surface area contributed by atoms with Crippen LogP contribution in [0.1, 0.15) is 33.8 Å². The van der Waals surface area contributed by atoms with Crippen LogP contribution in [-0.2, 0) is 22.6 Å². The lowest BCUT2D eigenvalue weighted by Gasteiger charge is -2.39. The fourth-order valence-electron chi connectivity index (χ4n) is 5.43. The van der Waals surface area contributed by atoms with Gasteiger partial charge in [-0.05, 0) is 55.0 Å². The van der Waals surface area contributed by atoms with Crippen molar-refractivity contribution < 1.29 is 33.0 Å². The topological polar surface area (TPSA) is 132 Å². The van der Waals surface area contributed by atoms with E-state index < -0.39 is 12.1 Å². The molecule has 1 saturated heterocycles. The summed E-state index contributed by atoms with van der Waals surface area (Å²) >= 11 is 0. The zero-order valence-electron chi connectivity index (χ0n) is 25.1. The van der Waals surface area contributed by atoms with Crippen molar-refractivity contribution in [2.45, 2.75) is 38.5 Å². The van der Waals surface area contributed by atoms with Gasteiger partial charge < -0.3 is 34.2 Å². The number of oxazole rings is 1. The number of likely N-dealkylation sites (tertiary alicyclic amines) is 1. The van der Waals surface area contributed by atoms with Crippen LogP contribution in [0.2, 0.25) is 0 Å². The van der Waals surface area contributed by atoms with Crippen LogP contribution >= 0.6 is 0 Å². The number of hydrogen-bond donors (Lipinski definition) is 2. The van der Waals surface area contributed by atoms with Crippen LogP contribution in [0, 0.1) is 6.92 Å². The maximum Gasteiger partial charge on any atom is 0.258 e. The minimum Gasteiger partial charge on any atom is -0.493 e. The summed E-state index contributed by atoms with van der Waals surface area (Å²) in [4.78, 5) is 45.9. The van der Waals surface area contributed by atoms with Gasteiger partial charge >= 0.3 is 0 Å². The standard InChI is InChI=1S/C34H34N4O7/c1-21-26(37-34(44-21)23-6-4-3-5-7-23)17-32(40)38-15-14-28-27(19-38)36-33(41)24-10-13-29(42-2)30(16-24)43-20-31(39)35-18-22-8-11-25(45-28)12-9-22/h3-13,16,27-28H,14-15,17-20H2,1-2H3,(H,35,39)(H,36,41)/t27-,28+/m0/s1. The molecule has 3 amide bonds. The van der Waals surface area contributed by atoms with E-state index in [9.17, 15) is 14.4 Å². The Hall–Kier alpha value is -5.32. The lowest BCUT2D eigenvalue weighted by atomic mass is 10.00. The number of amides is 3. The quantitative estimate of drug-likeness (QED) is 0.358. The molecule has 1 aromatic heterocycles. The van der Waals surface area contributed by atoms with Crippen molar-refractivity contribution in [1.82, 2.24) is 20.5 Å². The lowest BCUT2D eigenvalue weighted by Crippen LogP contribution is -2.58. The summed E-state index contributed by atoms with van der Waals surface area (Å²) in [6.07, 6.45) is 0.173. The highest BCUT2D eigenvalue weighted by atomic mass is 16.5. The van der Waals surface area contributed by atoms with E-state index in [1.54, 1.807) is 24.0 Å². The Morgan fingerprint density at radius 2 is 1.84 bits per heavy atom. The van der Waals surface area contributed by atoms with E-state index in [1.165, 1.54) is 13.2 Å². The normalized spacial score (nSPS) is 18.5. The van der Waals surface area contributed by atoms with E-state index in [0.717, 1.165) is 11.1 Å². The number of piperidine rings is 1. The predicted octanol–water partition coefficient (Wildman–Crippen LogP) is 3.69. The molecule has 11 heteroatoms. The van der Waals surface area contributed by atoms with Crippen molar-refractivity contribution in [3.8, 4) is 28.7 Å². The smallest absolute Gasteiger partial charge is 0.258 e. The van der Waals surface area contributed by atoms with Gasteiger partial charge in [0.1, 0.15) is 17.6 Å². The Labute approximate surface area is 260 Å².